The summed E-state index contributed by atoms with van der Waals surface area (Å²) in [6.45, 7) is 6.58. The molecule has 110 valence electrons. The van der Waals surface area contributed by atoms with E-state index in [1.807, 2.05) is 6.92 Å². The highest BCUT2D eigenvalue weighted by atomic mass is 16.4. The quantitative estimate of drug-likeness (QED) is 0.918. The zero-order valence-corrected chi connectivity index (χ0v) is 12.8. The predicted molar refractivity (Wildman–Crippen MR) is 80.4 cm³/mol. The molecule has 0 radical (unpaired) electrons. The summed E-state index contributed by atoms with van der Waals surface area (Å²) in [5.41, 5.74) is 1.63. The molecular formula is C16H24N2O2. The number of anilines is 1. The van der Waals surface area contributed by atoms with Crippen LogP contribution in [0.4, 0.5) is 5.82 Å². The second kappa shape index (κ2) is 5.43. The second-order valence-corrected chi connectivity index (χ2v) is 6.68. The van der Waals surface area contributed by atoms with Crippen LogP contribution in [0.25, 0.3) is 0 Å². The van der Waals surface area contributed by atoms with Crippen molar-refractivity contribution in [3.63, 3.8) is 0 Å². The highest BCUT2D eigenvalue weighted by Gasteiger charge is 2.29. The molecule has 1 fully saturated rings. The van der Waals surface area contributed by atoms with Crippen LogP contribution < -0.4 is 4.90 Å². The predicted octanol–water partition coefficient (Wildman–Crippen LogP) is 3.49. The van der Waals surface area contributed by atoms with Gasteiger partial charge in [0.1, 0.15) is 5.82 Å². The SMILES string of the molecule is Cc1cc(C(=O)O)cnc1N(C)C1CCC(C)(C)CC1. The van der Waals surface area contributed by atoms with Crippen LogP contribution in [0.15, 0.2) is 12.3 Å². The third kappa shape index (κ3) is 3.11. The Morgan fingerprint density at radius 1 is 1.40 bits per heavy atom. The third-order valence-electron chi connectivity index (χ3n) is 4.49. The highest BCUT2D eigenvalue weighted by Crippen LogP contribution is 2.37. The molecule has 0 spiro atoms. The van der Waals surface area contributed by atoms with Gasteiger partial charge in [0.15, 0.2) is 0 Å². The molecule has 0 amide bonds. The van der Waals surface area contributed by atoms with Crippen molar-refractivity contribution >= 4 is 11.8 Å². The average Bonchev–Trinajstić information content (AvgIpc) is 2.37. The first kappa shape index (κ1) is 14.8. The summed E-state index contributed by atoms with van der Waals surface area (Å²) < 4.78 is 0. The second-order valence-electron chi connectivity index (χ2n) is 6.68. The van der Waals surface area contributed by atoms with E-state index in [1.54, 1.807) is 6.07 Å². The van der Waals surface area contributed by atoms with Gasteiger partial charge in [0.2, 0.25) is 0 Å². The van der Waals surface area contributed by atoms with Crippen LogP contribution in [0.1, 0.15) is 55.5 Å². The number of aryl methyl sites for hydroxylation is 1. The van der Waals surface area contributed by atoms with E-state index in [4.69, 9.17) is 5.11 Å². The van der Waals surface area contributed by atoms with Gasteiger partial charge in [0, 0.05) is 19.3 Å². The number of carbonyl (C=O) groups is 1. The van der Waals surface area contributed by atoms with E-state index < -0.39 is 5.97 Å². The van der Waals surface area contributed by atoms with Crippen LogP contribution in [-0.4, -0.2) is 29.1 Å². The Hall–Kier alpha value is -1.58. The first-order valence-corrected chi connectivity index (χ1v) is 7.23. The number of aromatic carboxylic acids is 1. The fraction of sp³-hybridized carbons (Fsp3) is 0.625. The Balaban J connectivity index is 2.13. The molecule has 1 aromatic rings. The van der Waals surface area contributed by atoms with Crippen molar-refractivity contribution in [2.45, 2.75) is 52.5 Å². The van der Waals surface area contributed by atoms with Crippen LogP contribution in [0.2, 0.25) is 0 Å². The molecule has 2 rings (SSSR count). The first-order valence-electron chi connectivity index (χ1n) is 7.23. The van der Waals surface area contributed by atoms with Crippen molar-refractivity contribution in [2.75, 3.05) is 11.9 Å². The fourth-order valence-corrected chi connectivity index (χ4v) is 3.00. The van der Waals surface area contributed by atoms with E-state index in [-0.39, 0.29) is 5.56 Å². The summed E-state index contributed by atoms with van der Waals surface area (Å²) in [5.74, 6) is -0.0195. The van der Waals surface area contributed by atoms with Crippen LogP contribution >= 0.6 is 0 Å². The topological polar surface area (TPSA) is 53.4 Å². The maximum absolute atomic E-state index is 11.0. The maximum Gasteiger partial charge on any atom is 0.337 e. The number of carboxylic acid groups (broad SMARTS) is 1. The van der Waals surface area contributed by atoms with E-state index in [1.165, 1.54) is 31.9 Å². The minimum Gasteiger partial charge on any atom is -0.478 e. The monoisotopic (exact) mass is 276 g/mol. The largest absolute Gasteiger partial charge is 0.478 e. The van der Waals surface area contributed by atoms with Crippen LogP contribution in [0.3, 0.4) is 0 Å². The van der Waals surface area contributed by atoms with Crippen molar-refractivity contribution in [1.82, 2.24) is 4.98 Å². The Morgan fingerprint density at radius 2 is 2.00 bits per heavy atom. The first-order chi connectivity index (χ1) is 9.30. The molecule has 0 bridgehead atoms. The van der Waals surface area contributed by atoms with Gasteiger partial charge >= 0.3 is 5.97 Å². The number of rotatable bonds is 3. The van der Waals surface area contributed by atoms with E-state index in [0.717, 1.165) is 11.4 Å². The minimum atomic E-state index is -0.922. The van der Waals surface area contributed by atoms with Gasteiger partial charge in [-0.15, -0.1) is 0 Å². The zero-order chi connectivity index (χ0) is 14.9. The maximum atomic E-state index is 11.0. The van der Waals surface area contributed by atoms with Gasteiger partial charge in [-0.05, 0) is 49.7 Å². The summed E-state index contributed by atoms with van der Waals surface area (Å²) in [7, 11) is 2.07. The van der Waals surface area contributed by atoms with Gasteiger partial charge in [0.05, 0.1) is 5.56 Å². The van der Waals surface area contributed by atoms with E-state index in [9.17, 15) is 4.79 Å². The lowest BCUT2D eigenvalue weighted by Crippen LogP contribution is -2.38. The molecule has 4 heteroatoms. The molecule has 1 aliphatic carbocycles. The minimum absolute atomic E-state index is 0.254. The number of pyridine rings is 1. The summed E-state index contributed by atoms with van der Waals surface area (Å²) in [5, 5.41) is 8.99. The van der Waals surface area contributed by atoms with Gasteiger partial charge in [-0.3, -0.25) is 0 Å². The van der Waals surface area contributed by atoms with Gasteiger partial charge < -0.3 is 10.0 Å². The smallest absolute Gasteiger partial charge is 0.337 e. The molecule has 0 unspecified atom stereocenters. The Kier molecular flexibility index (Phi) is 4.02. The molecule has 1 N–H and O–H groups in total. The number of aromatic nitrogens is 1. The molecule has 0 aromatic carbocycles. The average molecular weight is 276 g/mol. The van der Waals surface area contributed by atoms with Crippen molar-refractivity contribution in [1.29, 1.82) is 0 Å². The molecule has 4 nitrogen and oxygen atoms in total. The Morgan fingerprint density at radius 3 is 2.50 bits per heavy atom. The van der Waals surface area contributed by atoms with E-state index in [0.29, 0.717) is 11.5 Å². The van der Waals surface area contributed by atoms with Gasteiger partial charge in [-0.25, -0.2) is 9.78 Å². The summed E-state index contributed by atoms with van der Waals surface area (Å²) in [4.78, 5) is 17.5. The Labute approximate surface area is 120 Å². The number of hydrogen-bond acceptors (Lipinski definition) is 3. The summed E-state index contributed by atoms with van der Waals surface area (Å²) in [6.07, 6.45) is 6.26. The number of hydrogen-bond donors (Lipinski definition) is 1. The van der Waals surface area contributed by atoms with Gasteiger partial charge in [0.25, 0.3) is 0 Å². The zero-order valence-electron chi connectivity index (χ0n) is 12.8. The lowest BCUT2D eigenvalue weighted by molar-refractivity contribution is 0.0696. The molecule has 0 atom stereocenters. The standard InChI is InChI=1S/C16H24N2O2/c1-11-9-12(15(19)20)10-17-14(11)18(4)13-5-7-16(2,3)8-6-13/h9-10,13H,5-8H2,1-4H3,(H,19,20). The molecular weight excluding hydrogens is 252 g/mol. The normalized spacial score (nSPS) is 18.8. The number of nitrogens with zero attached hydrogens (tertiary/aromatic N) is 2. The molecule has 0 aliphatic heterocycles. The van der Waals surface area contributed by atoms with Crippen LogP contribution in [-0.2, 0) is 0 Å². The molecule has 1 saturated carbocycles. The van der Waals surface area contributed by atoms with Crippen molar-refractivity contribution in [3.05, 3.63) is 23.4 Å². The van der Waals surface area contributed by atoms with Gasteiger partial charge in [-0.1, -0.05) is 13.8 Å². The molecule has 1 heterocycles. The summed E-state index contributed by atoms with van der Waals surface area (Å²) in [6, 6.07) is 2.21. The lowest BCUT2D eigenvalue weighted by atomic mass is 9.75. The Bertz CT molecular complexity index is 501. The van der Waals surface area contributed by atoms with Crippen molar-refractivity contribution < 1.29 is 9.90 Å². The van der Waals surface area contributed by atoms with E-state index in [2.05, 4.69) is 30.8 Å². The fourth-order valence-electron chi connectivity index (χ4n) is 3.00. The van der Waals surface area contributed by atoms with Crippen LogP contribution in [0.5, 0.6) is 0 Å². The third-order valence-corrected chi connectivity index (χ3v) is 4.49. The van der Waals surface area contributed by atoms with Crippen molar-refractivity contribution in [2.24, 2.45) is 5.41 Å². The van der Waals surface area contributed by atoms with Gasteiger partial charge in [-0.2, -0.15) is 0 Å². The molecule has 20 heavy (non-hydrogen) atoms. The summed E-state index contributed by atoms with van der Waals surface area (Å²) >= 11 is 0. The highest BCUT2D eigenvalue weighted by molar-refractivity contribution is 5.87. The molecule has 1 aromatic heterocycles. The van der Waals surface area contributed by atoms with Crippen molar-refractivity contribution in [3.8, 4) is 0 Å². The number of carboxylic acids is 1. The van der Waals surface area contributed by atoms with Crippen LogP contribution in [0, 0.1) is 12.3 Å². The molecule has 1 aliphatic rings. The van der Waals surface area contributed by atoms with E-state index >= 15 is 0 Å². The lowest BCUT2D eigenvalue weighted by Gasteiger charge is -2.39. The molecule has 0 saturated heterocycles.